The van der Waals surface area contributed by atoms with Crippen LogP contribution in [-0.4, -0.2) is 44.1 Å². The standard InChI is InChI=1S/C18H29FN4/c1-14-10-15(2)13-23(12-14)9-8-21-18(20-3)22-11-16-6-4-5-7-17(16)19/h4-7,14-15H,8-13H2,1-3H3,(H2,20,21,22). The van der Waals surface area contributed by atoms with E-state index in [2.05, 4.69) is 34.4 Å². The predicted octanol–water partition coefficient (Wildman–Crippen LogP) is 2.47. The lowest BCUT2D eigenvalue weighted by Crippen LogP contribution is -2.45. The van der Waals surface area contributed by atoms with E-state index in [0.717, 1.165) is 24.9 Å². The molecule has 1 fully saturated rings. The summed E-state index contributed by atoms with van der Waals surface area (Å²) in [6.07, 6.45) is 1.33. The molecule has 0 spiro atoms. The van der Waals surface area contributed by atoms with Crippen LogP contribution in [0, 0.1) is 17.7 Å². The van der Waals surface area contributed by atoms with Crippen LogP contribution in [0.15, 0.2) is 29.3 Å². The second-order valence-corrected chi connectivity index (χ2v) is 6.65. The van der Waals surface area contributed by atoms with Crippen molar-refractivity contribution < 1.29 is 4.39 Å². The second-order valence-electron chi connectivity index (χ2n) is 6.65. The number of likely N-dealkylation sites (tertiary alicyclic amines) is 1. The monoisotopic (exact) mass is 320 g/mol. The molecule has 2 rings (SSSR count). The van der Waals surface area contributed by atoms with Crippen molar-refractivity contribution in [2.24, 2.45) is 16.8 Å². The van der Waals surface area contributed by atoms with Gasteiger partial charge in [-0.25, -0.2) is 4.39 Å². The zero-order valence-electron chi connectivity index (χ0n) is 14.5. The maximum absolute atomic E-state index is 13.6. The summed E-state index contributed by atoms with van der Waals surface area (Å²) in [6, 6.07) is 6.81. The van der Waals surface area contributed by atoms with Gasteiger partial charge >= 0.3 is 0 Å². The van der Waals surface area contributed by atoms with Gasteiger partial charge in [0, 0.05) is 45.3 Å². The molecule has 0 amide bonds. The van der Waals surface area contributed by atoms with Gasteiger partial charge < -0.3 is 15.5 Å². The van der Waals surface area contributed by atoms with Gasteiger partial charge in [-0.05, 0) is 24.3 Å². The molecule has 0 radical (unpaired) electrons. The fourth-order valence-electron chi connectivity index (χ4n) is 3.35. The van der Waals surface area contributed by atoms with E-state index in [1.165, 1.54) is 25.6 Å². The summed E-state index contributed by atoms with van der Waals surface area (Å²) in [5.74, 6) is 2.08. The number of rotatable bonds is 5. The number of hydrogen-bond acceptors (Lipinski definition) is 2. The van der Waals surface area contributed by atoms with E-state index in [1.54, 1.807) is 19.2 Å². The fraction of sp³-hybridized carbons (Fsp3) is 0.611. The highest BCUT2D eigenvalue weighted by atomic mass is 19.1. The molecular weight excluding hydrogens is 291 g/mol. The minimum atomic E-state index is -0.188. The Bertz CT molecular complexity index is 507. The highest BCUT2D eigenvalue weighted by molar-refractivity contribution is 5.79. The number of guanidine groups is 1. The number of benzene rings is 1. The molecule has 0 aromatic heterocycles. The number of nitrogens with zero attached hydrogens (tertiary/aromatic N) is 2. The molecule has 4 nitrogen and oxygen atoms in total. The Morgan fingerprint density at radius 1 is 1.22 bits per heavy atom. The van der Waals surface area contributed by atoms with Crippen LogP contribution in [0.5, 0.6) is 0 Å². The third kappa shape index (κ3) is 5.82. The number of piperidine rings is 1. The molecular formula is C18H29FN4. The van der Waals surface area contributed by atoms with Crippen LogP contribution >= 0.6 is 0 Å². The van der Waals surface area contributed by atoms with E-state index in [1.807, 2.05) is 6.07 Å². The van der Waals surface area contributed by atoms with Crippen LogP contribution in [0.1, 0.15) is 25.8 Å². The molecule has 0 aliphatic carbocycles. The van der Waals surface area contributed by atoms with E-state index in [0.29, 0.717) is 18.1 Å². The van der Waals surface area contributed by atoms with Gasteiger partial charge in [0.1, 0.15) is 5.82 Å². The van der Waals surface area contributed by atoms with Gasteiger partial charge in [-0.1, -0.05) is 32.0 Å². The molecule has 1 heterocycles. The van der Waals surface area contributed by atoms with E-state index >= 15 is 0 Å². The summed E-state index contributed by atoms with van der Waals surface area (Å²) >= 11 is 0. The molecule has 2 unspecified atom stereocenters. The smallest absolute Gasteiger partial charge is 0.191 e. The number of nitrogens with one attached hydrogen (secondary N) is 2. The van der Waals surface area contributed by atoms with Crippen molar-refractivity contribution in [3.63, 3.8) is 0 Å². The van der Waals surface area contributed by atoms with E-state index in [4.69, 9.17) is 0 Å². The number of hydrogen-bond donors (Lipinski definition) is 2. The van der Waals surface area contributed by atoms with E-state index in [-0.39, 0.29) is 5.82 Å². The highest BCUT2D eigenvalue weighted by Gasteiger charge is 2.21. The average molecular weight is 320 g/mol. The normalized spacial score (nSPS) is 22.9. The zero-order chi connectivity index (χ0) is 16.7. The lowest BCUT2D eigenvalue weighted by molar-refractivity contribution is 0.143. The maximum Gasteiger partial charge on any atom is 0.191 e. The maximum atomic E-state index is 13.6. The van der Waals surface area contributed by atoms with Gasteiger partial charge in [-0.2, -0.15) is 0 Å². The summed E-state index contributed by atoms with van der Waals surface area (Å²) < 4.78 is 13.6. The molecule has 1 aromatic carbocycles. The summed E-state index contributed by atoms with van der Waals surface area (Å²) in [5, 5.41) is 6.47. The lowest BCUT2D eigenvalue weighted by Gasteiger charge is -2.35. The molecule has 1 aromatic rings. The zero-order valence-corrected chi connectivity index (χ0v) is 14.5. The minimum absolute atomic E-state index is 0.188. The summed E-state index contributed by atoms with van der Waals surface area (Å²) in [7, 11) is 1.74. The molecule has 1 aliphatic heterocycles. The molecule has 2 atom stereocenters. The van der Waals surface area contributed by atoms with Crippen LogP contribution in [0.2, 0.25) is 0 Å². The molecule has 2 N–H and O–H groups in total. The van der Waals surface area contributed by atoms with E-state index in [9.17, 15) is 4.39 Å². The van der Waals surface area contributed by atoms with Gasteiger partial charge in [0.05, 0.1) is 0 Å². The van der Waals surface area contributed by atoms with Gasteiger partial charge in [-0.3, -0.25) is 4.99 Å². The largest absolute Gasteiger partial charge is 0.355 e. The minimum Gasteiger partial charge on any atom is -0.355 e. The Morgan fingerprint density at radius 3 is 2.57 bits per heavy atom. The first kappa shape index (κ1) is 17.7. The SMILES string of the molecule is CN=C(NCCN1CC(C)CC(C)C1)NCc1ccccc1F. The Hall–Kier alpha value is -1.62. The molecule has 128 valence electrons. The quantitative estimate of drug-likeness (QED) is 0.647. The Labute approximate surface area is 139 Å². The van der Waals surface area contributed by atoms with Crippen molar-refractivity contribution in [1.29, 1.82) is 0 Å². The second kappa shape index (κ2) is 8.87. The summed E-state index contributed by atoms with van der Waals surface area (Å²) in [5.41, 5.74) is 0.647. The third-order valence-electron chi connectivity index (χ3n) is 4.29. The van der Waals surface area contributed by atoms with Crippen molar-refractivity contribution in [3.8, 4) is 0 Å². The average Bonchev–Trinajstić information content (AvgIpc) is 2.51. The fourth-order valence-corrected chi connectivity index (χ4v) is 3.35. The van der Waals surface area contributed by atoms with Crippen LogP contribution in [-0.2, 0) is 6.54 Å². The third-order valence-corrected chi connectivity index (χ3v) is 4.29. The lowest BCUT2D eigenvalue weighted by atomic mass is 9.92. The molecule has 5 heteroatoms. The highest BCUT2D eigenvalue weighted by Crippen LogP contribution is 2.20. The van der Waals surface area contributed by atoms with Crippen LogP contribution in [0.25, 0.3) is 0 Å². The molecule has 23 heavy (non-hydrogen) atoms. The molecule has 0 saturated carbocycles. The molecule has 1 saturated heterocycles. The molecule has 0 bridgehead atoms. The summed E-state index contributed by atoms with van der Waals surface area (Å²) in [4.78, 5) is 6.71. The van der Waals surface area contributed by atoms with Gasteiger partial charge in [0.2, 0.25) is 0 Å². The Balaban J connectivity index is 1.72. The first-order valence-electron chi connectivity index (χ1n) is 8.48. The van der Waals surface area contributed by atoms with Crippen molar-refractivity contribution in [1.82, 2.24) is 15.5 Å². The van der Waals surface area contributed by atoms with Gasteiger partial charge in [0.25, 0.3) is 0 Å². The first-order valence-corrected chi connectivity index (χ1v) is 8.48. The predicted molar refractivity (Wildman–Crippen MR) is 94.0 cm³/mol. The van der Waals surface area contributed by atoms with Gasteiger partial charge in [0.15, 0.2) is 5.96 Å². The van der Waals surface area contributed by atoms with Crippen molar-refractivity contribution in [2.75, 3.05) is 33.2 Å². The molecule has 1 aliphatic rings. The van der Waals surface area contributed by atoms with Crippen molar-refractivity contribution in [2.45, 2.75) is 26.8 Å². The summed E-state index contributed by atoms with van der Waals surface area (Å²) in [6.45, 7) is 9.28. The number of halogens is 1. The Morgan fingerprint density at radius 2 is 1.91 bits per heavy atom. The van der Waals surface area contributed by atoms with Crippen LogP contribution in [0.3, 0.4) is 0 Å². The van der Waals surface area contributed by atoms with Crippen molar-refractivity contribution >= 4 is 5.96 Å². The topological polar surface area (TPSA) is 39.7 Å². The van der Waals surface area contributed by atoms with Gasteiger partial charge in [-0.15, -0.1) is 0 Å². The van der Waals surface area contributed by atoms with Crippen LogP contribution in [0.4, 0.5) is 4.39 Å². The van der Waals surface area contributed by atoms with Crippen LogP contribution < -0.4 is 10.6 Å². The number of aliphatic imine (C=N–C) groups is 1. The van der Waals surface area contributed by atoms with Crippen molar-refractivity contribution in [3.05, 3.63) is 35.6 Å². The Kier molecular flexibility index (Phi) is 6.84. The van der Waals surface area contributed by atoms with E-state index < -0.39 is 0 Å². The first-order chi connectivity index (χ1) is 11.1.